The molecule has 0 saturated heterocycles. The van der Waals surface area contributed by atoms with Gasteiger partial charge in [-0.05, 0) is 56.7 Å². The molecule has 1 aromatic heterocycles. The van der Waals surface area contributed by atoms with Gasteiger partial charge in [0.1, 0.15) is 11.5 Å². The number of ether oxygens (including phenoxy) is 2. The van der Waals surface area contributed by atoms with E-state index < -0.39 is 5.41 Å². The molecule has 1 aromatic carbocycles. The van der Waals surface area contributed by atoms with Crippen molar-refractivity contribution in [2.75, 3.05) is 0 Å². The van der Waals surface area contributed by atoms with Crippen molar-refractivity contribution in [3.8, 4) is 11.5 Å². The van der Waals surface area contributed by atoms with Crippen molar-refractivity contribution in [2.45, 2.75) is 20.8 Å². The number of pyridine rings is 1. The fraction of sp³-hybridized carbons (Fsp3) is 0.211. The minimum absolute atomic E-state index is 0.199. The second-order valence-electron chi connectivity index (χ2n) is 6.52. The molecule has 1 aliphatic rings. The predicted molar refractivity (Wildman–Crippen MR) is 88.7 cm³/mol. The molecule has 0 unspecified atom stereocenters. The zero-order valence-corrected chi connectivity index (χ0v) is 13.7. The van der Waals surface area contributed by atoms with Crippen LogP contribution in [-0.4, -0.2) is 16.7 Å². The summed E-state index contributed by atoms with van der Waals surface area (Å²) in [4.78, 5) is 28.3. The van der Waals surface area contributed by atoms with Crippen LogP contribution in [0.25, 0.3) is 6.08 Å². The van der Waals surface area contributed by atoms with Gasteiger partial charge in [-0.15, -0.1) is 0 Å². The van der Waals surface area contributed by atoms with Gasteiger partial charge in [-0.1, -0.05) is 0 Å². The van der Waals surface area contributed by atoms with Gasteiger partial charge < -0.3 is 9.47 Å². The molecule has 1 aliphatic heterocycles. The van der Waals surface area contributed by atoms with E-state index in [0.29, 0.717) is 17.1 Å². The van der Waals surface area contributed by atoms with E-state index in [2.05, 4.69) is 4.98 Å². The van der Waals surface area contributed by atoms with Gasteiger partial charge in [-0.2, -0.15) is 0 Å². The lowest BCUT2D eigenvalue weighted by atomic mass is 9.97. The van der Waals surface area contributed by atoms with Crippen molar-refractivity contribution in [1.29, 1.82) is 0 Å². The normalized spacial score (nSPS) is 15.1. The van der Waals surface area contributed by atoms with Crippen molar-refractivity contribution in [3.63, 3.8) is 0 Å². The average molecular weight is 323 g/mol. The molecule has 0 saturated carbocycles. The van der Waals surface area contributed by atoms with Gasteiger partial charge in [-0.3, -0.25) is 14.6 Å². The summed E-state index contributed by atoms with van der Waals surface area (Å²) in [6, 6.07) is 8.33. The van der Waals surface area contributed by atoms with E-state index in [1.165, 1.54) is 0 Å². The number of nitrogens with zero attached hydrogens (tertiary/aromatic N) is 1. The van der Waals surface area contributed by atoms with Crippen LogP contribution in [-0.2, 0) is 4.79 Å². The summed E-state index contributed by atoms with van der Waals surface area (Å²) >= 11 is 0. The van der Waals surface area contributed by atoms with E-state index in [0.717, 1.165) is 5.56 Å². The van der Waals surface area contributed by atoms with Gasteiger partial charge in [0.2, 0.25) is 5.78 Å². The third kappa shape index (κ3) is 3.20. The number of aromatic nitrogens is 1. The number of benzene rings is 1. The first-order valence-electron chi connectivity index (χ1n) is 7.55. The number of fused-ring (bicyclic) bond motifs is 1. The van der Waals surface area contributed by atoms with E-state index in [4.69, 9.17) is 9.47 Å². The highest BCUT2D eigenvalue weighted by Gasteiger charge is 2.29. The Balaban J connectivity index is 1.85. The smallest absolute Gasteiger partial charge is 0.316 e. The lowest BCUT2D eigenvalue weighted by Crippen LogP contribution is -2.25. The van der Waals surface area contributed by atoms with Gasteiger partial charge in [-0.25, -0.2) is 0 Å². The number of hydrogen-bond acceptors (Lipinski definition) is 5. The number of rotatable bonds is 2. The summed E-state index contributed by atoms with van der Waals surface area (Å²) < 4.78 is 11.0. The van der Waals surface area contributed by atoms with Crippen LogP contribution in [0.3, 0.4) is 0 Å². The number of esters is 1. The van der Waals surface area contributed by atoms with E-state index in [1.54, 1.807) is 69.6 Å². The van der Waals surface area contributed by atoms with Gasteiger partial charge in [0.05, 0.1) is 11.0 Å². The zero-order valence-electron chi connectivity index (χ0n) is 13.7. The number of ketones is 1. The highest BCUT2D eigenvalue weighted by molar-refractivity contribution is 6.14. The summed E-state index contributed by atoms with van der Waals surface area (Å²) in [6.45, 7) is 5.33. The van der Waals surface area contributed by atoms with E-state index in [1.807, 2.05) is 0 Å². The molecule has 5 nitrogen and oxygen atoms in total. The van der Waals surface area contributed by atoms with Crippen molar-refractivity contribution in [1.82, 2.24) is 4.98 Å². The predicted octanol–water partition coefficient (Wildman–Crippen LogP) is 3.65. The minimum atomic E-state index is -0.609. The van der Waals surface area contributed by atoms with Crippen LogP contribution in [0.5, 0.6) is 11.5 Å². The number of carbonyl (C=O) groups excluding carboxylic acids is 2. The molecular weight excluding hydrogens is 306 g/mol. The van der Waals surface area contributed by atoms with Crippen LogP contribution in [0.15, 0.2) is 48.5 Å². The van der Waals surface area contributed by atoms with E-state index in [-0.39, 0.29) is 17.5 Å². The van der Waals surface area contributed by atoms with Crippen molar-refractivity contribution >= 4 is 17.8 Å². The van der Waals surface area contributed by atoms with Crippen LogP contribution in [0, 0.1) is 5.41 Å². The SMILES string of the molecule is CC(C)(C)C(=O)Oc1ccc2c(c1)OC(=Cc1ccncc1)C2=O. The quantitative estimate of drug-likeness (QED) is 0.479. The summed E-state index contributed by atoms with van der Waals surface area (Å²) in [5.41, 5.74) is 0.661. The third-order valence-corrected chi connectivity index (χ3v) is 3.47. The highest BCUT2D eigenvalue weighted by atomic mass is 16.5. The molecule has 24 heavy (non-hydrogen) atoms. The first-order valence-corrected chi connectivity index (χ1v) is 7.55. The van der Waals surface area contributed by atoms with Gasteiger partial charge in [0.25, 0.3) is 0 Å². The lowest BCUT2D eigenvalue weighted by molar-refractivity contribution is -0.142. The maximum atomic E-state index is 12.4. The fourth-order valence-corrected chi connectivity index (χ4v) is 2.10. The molecule has 2 heterocycles. The topological polar surface area (TPSA) is 65.5 Å². The maximum absolute atomic E-state index is 12.4. The molecule has 0 bridgehead atoms. The highest BCUT2D eigenvalue weighted by Crippen LogP contribution is 2.35. The van der Waals surface area contributed by atoms with Gasteiger partial charge >= 0.3 is 5.97 Å². The molecule has 0 radical (unpaired) electrons. The maximum Gasteiger partial charge on any atom is 0.316 e. The largest absolute Gasteiger partial charge is 0.452 e. The summed E-state index contributed by atoms with van der Waals surface area (Å²) in [7, 11) is 0. The van der Waals surface area contributed by atoms with Gasteiger partial charge in [0.15, 0.2) is 5.76 Å². The van der Waals surface area contributed by atoms with Crippen molar-refractivity contribution in [3.05, 3.63) is 59.6 Å². The Morgan fingerprint density at radius 1 is 1.17 bits per heavy atom. The summed E-state index contributed by atoms with van der Waals surface area (Å²) in [5, 5.41) is 0. The monoisotopic (exact) mass is 323 g/mol. The molecule has 5 heteroatoms. The number of allylic oxidation sites excluding steroid dienone is 1. The molecule has 0 atom stereocenters. The number of Topliss-reactive ketones (excluding diaryl/α,β-unsaturated/α-hetero) is 1. The van der Waals surface area contributed by atoms with E-state index >= 15 is 0 Å². The Morgan fingerprint density at radius 2 is 1.88 bits per heavy atom. The second kappa shape index (κ2) is 5.92. The third-order valence-electron chi connectivity index (χ3n) is 3.47. The van der Waals surface area contributed by atoms with Crippen LogP contribution in [0.2, 0.25) is 0 Å². The molecule has 0 spiro atoms. The van der Waals surface area contributed by atoms with Crippen molar-refractivity contribution in [2.24, 2.45) is 5.41 Å². The zero-order chi connectivity index (χ0) is 17.3. The van der Waals surface area contributed by atoms with Crippen LogP contribution in [0.4, 0.5) is 0 Å². The summed E-state index contributed by atoms with van der Waals surface area (Å²) in [5.74, 6) is 0.427. The number of carbonyl (C=O) groups is 2. The minimum Gasteiger partial charge on any atom is -0.452 e. The standard InChI is InChI=1S/C19H17NO4/c1-19(2,3)18(22)23-13-4-5-14-15(11-13)24-16(17(14)21)10-12-6-8-20-9-7-12/h4-11H,1-3H3. The van der Waals surface area contributed by atoms with Crippen LogP contribution in [0.1, 0.15) is 36.7 Å². The Morgan fingerprint density at radius 3 is 2.54 bits per heavy atom. The average Bonchev–Trinajstić information content (AvgIpc) is 2.83. The molecule has 0 aliphatic carbocycles. The molecule has 3 rings (SSSR count). The molecule has 0 fully saturated rings. The molecular formula is C19H17NO4. The second-order valence-corrected chi connectivity index (χ2v) is 6.52. The Bertz CT molecular complexity index is 832. The van der Waals surface area contributed by atoms with Crippen LogP contribution >= 0.6 is 0 Å². The van der Waals surface area contributed by atoms with Gasteiger partial charge in [0, 0.05) is 18.5 Å². The Hall–Kier alpha value is -2.95. The van der Waals surface area contributed by atoms with Crippen LogP contribution < -0.4 is 9.47 Å². The first kappa shape index (κ1) is 15.9. The Kier molecular flexibility index (Phi) is 3.93. The molecule has 2 aromatic rings. The van der Waals surface area contributed by atoms with Crippen molar-refractivity contribution < 1.29 is 19.1 Å². The van der Waals surface area contributed by atoms with E-state index in [9.17, 15) is 9.59 Å². The summed E-state index contributed by atoms with van der Waals surface area (Å²) in [6.07, 6.45) is 4.94. The number of hydrogen-bond donors (Lipinski definition) is 0. The first-order chi connectivity index (χ1) is 11.3. The molecule has 122 valence electrons. The Labute approximate surface area is 139 Å². The lowest BCUT2D eigenvalue weighted by Gasteiger charge is -2.16. The molecule has 0 amide bonds. The molecule has 0 N–H and O–H groups in total. The fourth-order valence-electron chi connectivity index (χ4n) is 2.10.